The van der Waals surface area contributed by atoms with Crippen LogP contribution in [0.25, 0.3) is 5.57 Å². The zero-order chi connectivity index (χ0) is 23.8. The van der Waals surface area contributed by atoms with Gasteiger partial charge in [-0.2, -0.15) is 0 Å². The smallest absolute Gasteiger partial charge is 0.467 e. The molecule has 1 aliphatic rings. The molecule has 0 unspecified atom stereocenters. The maximum absolute atomic E-state index is 13.3. The highest BCUT2D eigenvalue weighted by molar-refractivity contribution is 6.36. The van der Waals surface area contributed by atoms with Crippen LogP contribution >= 0.6 is 0 Å². The summed E-state index contributed by atoms with van der Waals surface area (Å²) in [7, 11) is 0. The maximum atomic E-state index is 13.3. The lowest BCUT2D eigenvalue weighted by Crippen LogP contribution is -2.31. The van der Waals surface area contributed by atoms with Crippen molar-refractivity contribution in [2.75, 3.05) is 5.32 Å². The van der Waals surface area contributed by atoms with E-state index in [4.69, 9.17) is 4.42 Å². The summed E-state index contributed by atoms with van der Waals surface area (Å²) >= 11 is 0. The molecule has 6 nitrogen and oxygen atoms in total. The molecule has 1 N–H and O–H groups in total. The molecule has 0 aliphatic carbocycles. The number of imide groups is 1. The normalized spacial score (nSPS) is 14.3. The molecule has 2 heterocycles. The molecule has 0 atom stereocenters. The van der Waals surface area contributed by atoms with E-state index in [2.05, 4.69) is 10.1 Å². The Hall–Kier alpha value is -4.01. The second kappa shape index (κ2) is 8.50. The van der Waals surface area contributed by atoms with Crippen LogP contribution in [0.5, 0.6) is 5.75 Å². The summed E-state index contributed by atoms with van der Waals surface area (Å²) in [6.45, 7) is 3.70. The summed E-state index contributed by atoms with van der Waals surface area (Å²) in [5, 5.41) is 2.91. The van der Waals surface area contributed by atoms with Gasteiger partial charge in [0.1, 0.15) is 17.2 Å². The minimum Gasteiger partial charge on any atom is -0.467 e. The van der Waals surface area contributed by atoms with Crippen molar-refractivity contribution in [3.63, 3.8) is 0 Å². The standard InChI is InChI=1S/C24H19F3N2O4/c1-14-5-10-19(15(2)12-14)20-21(23(31)29(22(20)30)13-18-4-3-11-32-18)28-16-6-8-17(9-7-16)33-24(25,26)27/h3-12,28H,13H2,1-2H3. The number of carbonyl (C=O) groups is 2. The summed E-state index contributed by atoms with van der Waals surface area (Å²) in [5.74, 6) is -1.03. The summed E-state index contributed by atoms with van der Waals surface area (Å²) in [6, 6.07) is 13.7. The Bertz CT molecular complexity index is 1230. The first-order chi connectivity index (χ1) is 15.6. The number of rotatable bonds is 6. The van der Waals surface area contributed by atoms with E-state index < -0.39 is 23.9 Å². The van der Waals surface area contributed by atoms with Gasteiger partial charge in [-0.1, -0.05) is 23.8 Å². The average Bonchev–Trinajstić information content (AvgIpc) is 3.32. The predicted octanol–water partition coefficient (Wildman–Crippen LogP) is 5.19. The topological polar surface area (TPSA) is 71.8 Å². The largest absolute Gasteiger partial charge is 0.573 e. The number of nitrogens with zero attached hydrogens (tertiary/aromatic N) is 1. The average molecular weight is 456 g/mol. The molecular formula is C24H19F3N2O4. The molecule has 2 aromatic carbocycles. The van der Waals surface area contributed by atoms with Crippen LogP contribution in [0.4, 0.5) is 18.9 Å². The summed E-state index contributed by atoms with van der Waals surface area (Å²) in [4.78, 5) is 27.6. The number of halogens is 3. The third-order valence-corrected chi connectivity index (χ3v) is 5.07. The molecule has 1 aliphatic heterocycles. The fourth-order valence-corrected chi connectivity index (χ4v) is 3.62. The van der Waals surface area contributed by atoms with Crippen LogP contribution in [0, 0.1) is 13.8 Å². The van der Waals surface area contributed by atoms with Crippen molar-refractivity contribution in [2.24, 2.45) is 0 Å². The number of furan rings is 1. The van der Waals surface area contributed by atoms with Gasteiger partial charge in [0, 0.05) is 5.69 Å². The zero-order valence-electron chi connectivity index (χ0n) is 17.7. The van der Waals surface area contributed by atoms with Gasteiger partial charge in [-0.25, -0.2) is 0 Å². The Labute approximate surface area is 187 Å². The van der Waals surface area contributed by atoms with Gasteiger partial charge in [0.25, 0.3) is 11.8 Å². The van der Waals surface area contributed by atoms with Crippen LogP contribution < -0.4 is 10.1 Å². The molecule has 2 amide bonds. The lowest BCUT2D eigenvalue weighted by molar-refractivity contribution is -0.274. The molecule has 0 fully saturated rings. The van der Waals surface area contributed by atoms with Crippen LogP contribution in [0.2, 0.25) is 0 Å². The van der Waals surface area contributed by atoms with E-state index in [-0.39, 0.29) is 17.8 Å². The first-order valence-corrected chi connectivity index (χ1v) is 9.96. The molecule has 33 heavy (non-hydrogen) atoms. The third kappa shape index (κ3) is 4.77. The number of ether oxygens (including phenoxy) is 1. The van der Waals surface area contributed by atoms with Crippen molar-refractivity contribution in [1.82, 2.24) is 4.90 Å². The van der Waals surface area contributed by atoms with E-state index in [1.54, 1.807) is 18.2 Å². The van der Waals surface area contributed by atoms with Crippen LogP contribution in [0.3, 0.4) is 0 Å². The van der Waals surface area contributed by atoms with E-state index in [9.17, 15) is 22.8 Å². The van der Waals surface area contributed by atoms with E-state index in [1.165, 1.54) is 18.4 Å². The minimum atomic E-state index is -4.81. The molecule has 9 heteroatoms. The number of aryl methyl sites for hydroxylation is 2. The van der Waals surface area contributed by atoms with E-state index in [1.807, 2.05) is 26.0 Å². The lowest BCUT2D eigenvalue weighted by atomic mass is 9.97. The van der Waals surface area contributed by atoms with Gasteiger partial charge in [-0.3, -0.25) is 14.5 Å². The van der Waals surface area contributed by atoms with Crippen molar-refractivity contribution >= 4 is 23.1 Å². The zero-order valence-corrected chi connectivity index (χ0v) is 17.7. The molecule has 0 saturated heterocycles. The first kappa shape index (κ1) is 22.2. The van der Waals surface area contributed by atoms with Crippen LogP contribution in [-0.4, -0.2) is 23.1 Å². The van der Waals surface area contributed by atoms with Gasteiger partial charge >= 0.3 is 6.36 Å². The van der Waals surface area contributed by atoms with E-state index in [0.717, 1.165) is 28.2 Å². The van der Waals surface area contributed by atoms with Gasteiger partial charge in [0.2, 0.25) is 0 Å². The van der Waals surface area contributed by atoms with E-state index >= 15 is 0 Å². The van der Waals surface area contributed by atoms with Crippen LogP contribution in [-0.2, 0) is 16.1 Å². The SMILES string of the molecule is Cc1ccc(C2=C(Nc3ccc(OC(F)(F)F)cc3)C(=O)N(Cc3ccco3)C2=O)c(C)c1. The van der Waals surface area contributed by atoms with Crippen LogP contribution in [0.1, 0.15) is 22.5 Å². The van der Waals surface area contributed by atoms with Gasteiger partial charge in [0.15, 0.2) is 0 Å². The highest BCUT2D eigenvalue weighted by Crippen LogP contribution is 2.34. The Balaban J connectivity index is 1.70. The molecule has 0 spiro atoms. The summed E-state index contributed by atoms with van der Waals surface area (Å²) < 4.78 is 46.4. The van der Waals surface area contributed by atoms with Crippen molar-refractivity contribution in [2.45, 2.75) is 26.8 Å². The number of carbonyl (C=O) groups excluding carboxylic acids is 2. The number of amides is 2. The number of hydrogen-bond acceptors (Lipinski definition) is 5. The van der Waals surface area contributed by atoms with Crippen LogP contribution in [0.15, 0.2) is 71.0 Å². The molecule has 0 bridgehead atoms. The number of alkyl halides is 3. The monoisotopic (exact) mass is 456 g/mol. The minimum absolute atomic E-state index is 0.0306. The second-order valence-electron chi connectivity index (χ2n) is 7.54. The predicted molar refractivity (Wildman–Crippen MR) is 114 cm³/mol. The second-order valence-corrected chi connectivity index (χ2v) is 7.54. The molecule has 0 saturated carbocycles. The Kier molecular flexibility index (Phi) is 5.71. The number of hydrogen-bond donors (Lipinski definition) is 1. The van der Waals surface area contributed by atoms with Crippen molar-refractivity contribution in [3.8, 4) is 5.75 Å². The van der Waals surface area contributed by atoms with Gasteiger partial charge < -0.3 is 14.5 Å². The molecule has 3 aromatic rings. The van der Waals surface area contributed by atoms with E-state index in [0.29, 0.717) is 17.0 Å². The van der Waals surface area contributed by atoms with Crippen molar-refractivity contribution in [3.05, 3.63) is 89.0 Å². The Morgan fingerprint density at radius 3 is 2.33 bits per heavy atom. The van der Waals surface area contributed by atoms with Gasteiger partial charge in [-0.15, -0.1) is 13.2 Å². The lowest BCUT2D eigenvalue weighted by Gasteiger charge is -2.14. The Morgan fingerprint density at radius 2 is 1.73 bits per heavy atom. The van der Waals surface area contributed by atoms with Crippen molar-refractivity contribution in [1.29, 1.82) is 0 Å². The molecule has 170 valence electrons. The molecule has 4 rings (SSSR count). The number of benzene rings is 2. The maximum Gasteiger partial charge on any atom is 0.573 e. The molecule has 0 radical (unpaired) electrons. The fraction of sp³-hybridized carbons (Fsp3) is 0.167. The summed E-state index contributed by atoms with van der Waals surface area (Å²) in [6.07, 6.45) is -3.36. The number of anilines is 1. The highest BCUT2D eigenvalue weighted by Gasteiger charge is 2.40. The Morgan fingerprint density at radius 1 is 1.00 bits per heavy atom. The van der Waals surface area contributed by atoms with Gasteiger partial charge in [-0.05, 0) is 61.4 Å². The first-order valence-electron chi connectivity index (χ1n) is 9.96. The fourth-order valence-electron chi connectivity index (χ4n) is 3.62. The quantitative estimate of drug-likeness (QED) is 0.517. The number of nitrogens with one attached hydrogen (secondary N) is 1. The third-order valence-electron chi connectivity index (χ3n) is 5.07. The highest BCUT2D eigenvalue weighted by atomic mass is 19.4. The molecular weight excluding hydrogens is 437 g/mol. The van der Waals surface area contributed by atoms with Gasteiger partial charge in [0.05, 0.1) is 18.4 Å². The molecule has 1 aromatic heterocycles. The summed E-state index contributed by atoms with van der Waals surface area (Å²) in [5.41, 5.74) is 2.92. The van der Waals surface area contributed by atoms with Crippen molar-refractivity contribution < 1.29 is 31.9 Å².